The summed E-state index contributed by atoms with van der Waals surface area (Å²) >= 11 is 0. The molecule has 0 spiro atoms. The number of fused-ring (bicyclic) bond motifs is 1. The SMILES string of the molecule is CCc1nnc2n1C[C@H](N[C@@H](C)C(=O)NC1(C#N)CCCCC1)CC2. The lowest BCUT2D eigenvalue weighted by Gasteiger charge is -2.34. The molecule has 1 aliphatic heterocycles. The van der Waals surface area contributed by atoms with E-state index in [1.807, 2.05) is 6.92 Å². The van der Waals surface area contributed by atoms with Gasteiger partial charge in [-0.15, -0.1) is 10.2 Å². The first-order chi connectivity index (χ1) is 12.1. The predicted molar refractivity (Wildman–Crippen MR) is 93.7 cm³/mol. The minimum Gasteiger partial charge on any atom is -0.336 e. The van der Waals surface area contributed by atoms with E-state index in [2.05, 4.69) is 38.4 Å². The Hall–Kier alpha value is -1.94. The maximum atomic E-state index is 12.6. The molecule has 136 valence electrons. The van der Waals surface area contributed by atoms with Crippen LogP contribution in [0.25, 0.3) is 0 Å². The zero-order valence-electron chi connectivity index (χ0n) is 15.2. The van der Waals surface area contributed by atoms with Crippen LogP contribution in [0.2, 0.25) is 0 Å². The van der Waals surface area contributed by atoms with Gasteiger partial charge in [0.15, 0.2) is 0 Å². The molecule has 3 rings (SSSR count). The number of aryl methyl sites for hydroxylation is 2. The number of aromatic nitrogens is 3. The van der Waals surface area contributed by atoms with Crippen molar-refractivity contribution in [3.8, 4) is 6.07 Å². The summed E-state index contributed by atoms with van der Waals surface area (Å²) in [5.41, 5.74) is -0.672. The maximum Gasteiger partial charge on any atom is 0.238 e. The number of amides is 1. The molecule has 2 aliphatic rings. The highest BCUT2D eigenvalue weighted by molar-refractivity contribution is 5.82. The monoisotopic (exact) mass is 344 g/mol. The molecule has 1 amide bonds. The van der Waals surface area contributed by atoms with Gasteiger partial charge in [0.1, 0.15) is 17.2 Å². The summed E-state index contributed by atoms with van der Waals surface area (Å²) in [5.74, 6) is 1.97. The molecule has 2 heterocycles. The Morgan fingerprint density at radius 3 is 2.84 bits per heavy atom. The minimum absolute atomic E-state index is 0.0753. The summed E-state index contributed by atoms with van der Waals surface area (Å²) in [7, 11) is 0. The Bertz CT molecular complexity index is 642. The van der Waals surface area contributed by atoms with Gasteiger partial charge >= 0.3 is 0 Å². The van der Waals surface area contributed by atoms with Crippen molar-refractivity contribution in [2.45, 2.75) is 89.4 Å². The summed E-state index contributed by atoms with van der Waals surface area (Å²) in [6, 6.07) is 2.25. The van der Waals surface area contributed by atoms with E-state index in [-0.39, 0.29) is 18.0 Å². The van der Waals surface area contributed by atoms with Gasteiger partial charge in [0, 0.05) is 25.4 Å². The highest BCUT2D eigenvalue weighted by Crippen LogP contribution is 2.27. The predicted octanol–water partition coefficient (Wildman–Crippen LogP) is 1.48. The lowest BCUT2D eigenvalue weighted by atomic mass is 9.82. The number of nitriles is 1. The highest BCUT2D eigenvalue weighted by Gasteiger charge is 2.35. The number of hydrogen-bond acceptors (Lipinski definition) is 5. The van der Waals surface area contributed by atoms with Gasteiger partial charge in [-0.25, -0.2) is 0 Å². The fourth-order valence-corrected chi connectivity index (χ4v) is 3.97. The molecule has 7 heteroatoms. The molecule has 7 nitrogen and oxygen atoms in total. The first kappa shape index (κ1) is 17.9. The summed E-state index contributed by atoms with van der Waals surface area (Å²) in [4.78, 5) is 12.6. The second kappa shape index (κ2) is 7.52. The van der Waals surface area contributed by atoms with Crippen molar-refractivity contribution in [1.29, 1.82) is 5.26 Å². The Balaban J connectivity index is 1.58. The van der Waals surface area contributed by atoms with Gasteiger partial charge in [0.05, 0.1) is 12.1 Å². The number of nitrogens with zero attached hydrogens (tertiary/aromatic N) is 4. The van der Waals surface area contributed by atoms with Gasteiger partial charge in [-0.1, -0.05) is 26.2 Å². The van der Waals surface area contributed by atoms with Crippen LogP contribution in [0.1, 0.15) is 64.0 Å². The standard InChI is InChI=1S/C18H28N6O/c1-3-15-22-23-16-8-7-14(11-24(15)16)20-13(2)17(25)21-18(12-19)9-5-4-6-10-18/h13-14,20H,3-11H2,1-2H3,(H,21,25)/t13-,14+/m0/s1. The number of carbonyl (C=O) groups is 1. The van der Waals surface area contributed by atoms with E-state index in [0.717, 1.165) is 69.6 Å². The molecule has 2 N–H and O–H groups in total. The number of nitrogens with one attached hydrogen (secondary N) is 2. The van der Waals surface area contributed by atoms with Crippen molar-refractivity contribution in [2.75, 3.05) is 0 Å². The molecule has 0 aromatic carbocycles. The molecule has 0 saturated heterocycles. The van der Waals surface area contributed by atoms with E-state index in [9.17, 15) is 10.1 Å². The number of hydrogen-bond donors (Lipinski definition) is 2. The molecule has 1 aromatic rings. The molecule has 2 atom stereocenters. The Kier molecular flexibility index (Phi) is 5.38. The number of carbonyl (C=O) groups excluding carboxylic acids is 1. The first-order valence-electron chi connectivity index (χ1n) is 9.47. The van der Waals surface area contributed by atoms with Gasteiger partial charge in [-0.3, -0.25) is 4.79 Å². The summed E-state index contributed by atoms with van der Waals surface area (Å²) < 4.78 is 2.17. The van der Waals surface area contributed by atoms with E-state index in [1.165, 1.54) is 0 Å². The third kappa shape index (κ3) is 3.84. The summed E-state index contributed by atoms with van der Waals surface area (Å²) in [5, 5.41) is 24.5. The van der Waals surface area contributed by atoms with Crippen LogP contribution in [0.4, 0.5) is 0 Å². The van der Waals surface area contributed by atoms with Crippen LogP contribution < -0.4 is 10.6 Å². The average molecular weight is 344 g/mol. The van der Waals surface area contributed by atoms with Crippen LogP contribution in [-0.4, -0.2) is 38.3 Å². The maximum absolute atomic E-state index is 12.6. The van der Waals surface area contributed by atoms with Gasteiger partial charge in [-0.05, 0) is 26.2 Å². The van der Waals surface area contributed by atoms with Crippen molar-refractivity contribution in [2.24, 2.45) is 0 Å². The van der Waals surface area contributed by atoms with Gasteiger partial charge in [-0.2, -0.15) is 5.26 Å². The third-order valence-corrected chi connectivity index (χ3v) is 5.50. The average Bonchev–Trinajstić information content (AvgIpc) is 3.04. The van der Waals surface area contributed by atoms with Crippen LogP contribution in [-0.2, 0) is 24.2 Å². The smallest absolute Gasteiger partial charge is 0.238 e. The van der Waals surface area contributed by atoms with E-state index in [1.54, 1.807) is 0 Å². The summed E-state index contributed by atoms with van der Waals surface area (Å²) in [6.45, 7) is 4.76. The molecular weight excluding hydrogens is 316 g/mol. The molecule has 1 fully saturated rings. The van der Waals surface area contributed by atoms with Gasteiger partial charge in [0.25, 0.3) is 0 Å². The van der Waals surface area contributed by atoms with Crippen molar-refractivity contribution < 1.29 is 4.79 Å². The van der Waals surface area contributed by atoms with Crippen LogP contribution in [0.15, 0.2) is 0 Å². The molecule has 1 aromatic heterocycles. The largest absolute Gasteiger partial charge is 0.336 e. The third-order valence-electron chi connectivity index (χ3n) is 5.50. The van der Waals surface area contributed by atoms with Crippen molar-refractivity contribution in [3.05, 3.63) is 11.6 Å². The van der Waals surface area contributed by atoms with Gasteiger partial charge in [0.2, 0.25) is 5.91 Å². The van der Waals surface area contributed by atoms with E-state index in [0.29, 0.717) is 0 Å². The molecule has 0 radical (unpaired) electrons. The lowest BCUT2D eigenvalue weighted by Crippen LogP contribution is -2.56. The normalized spacial score (nSPS) is 23.3. The minimum atomic E-state index is -0.672. The molecule has 1 aliphatic carbocycles. The van der Waals surface area contributed by atoms with Crippen LogP contribution in [0.3, 0.4) is 0 Å². The second-order valence-corrected chi connectivity index (χ2v) is 7.36. The molecule has 1 saturated carbocycles. The van der Waals surface area contributed by atoms with Crippen molar-refractivity contribution >= 4 is 5.91 Å². The fourth-order valence-electron chi connectivity index (χ4n) is 3.97. The Morgan fingerprint density at radius 1 is 1.40 bits per heavy atom. The summed E-state index contributed by atoms with van der Waals surface area (Å²) in [6.07, 6.45) is 7.37. The Labute approximate surface area is 149 Å². The van der Waals surface area contributed by atoms with Crippen LogP contribution in [0.5, 0.6) is 0 Å². The zero-order valence-corrected chi connectivity index (χ0v) is 15.2. The molecule has 0 unspecified atom stereocenters. The number of rotatable bonds is 5. The van der Waals surface area contributed by atoms with Gasteiger partial charge < -0.3 is 15.2 Å². The quantitative estimate of drug-likeness (QED) is 0.843. The van der Waals surface area contributed by atoms with E-state index < -0.39 is 5.54 Å². The molecule has 0 bridgehead atoms. The Morgan fingerprint density at radius 2 is 2.16 bits per heavy atom. The van der Waals surface area contributed by atoms with Crippen LogP contribution in [0, 0.1) is 11.3 Å². The lowest BCUT2D eigenvalue weighted by molar-refractivity contribution is -0.124. The fraction of sp³-hybridized carbons (Fsp3) is 0.778. The van der Waals surface area contributed by atoms with Crippen molar-refractivity contribution in [3.63, 3.8) is 0 Å². The molecular formula is C18H28N6O. The van der Waals surface area contributed by atoms with E-state index in [4.69, 9.17) is 0 Å². The topological polar surface area (TPSA) is 95.6 Å². The second-order valence-electron chi connectivity index (χ2n) is 7.36. The highest BCUT2D eigenvalue weighted by atomic mass is 16.2. The van der Waals surface area contributed by atoms with Crippen LogP contribution >= 0.6 is 0 Å². The van der Waals surface area contributed by atoms with E-state index >= 15 is 0 Å². The first-order valence-corrected chi connectivity index (χ1v) is 9.47. The molecule has 25 heavy (non-hydrogen) atoms. The van der Waals surface area contributed by atoms with Crippen molar-refractivity contribution in [1.82, 2.24) is 25.4 Å². The zero-order chi connectivity index (χ0) is 17.9.